The van der Waals surface area contributed by atoms with Crippen molar-refractivity contribution in [3.8, 4) is 0 Å². The summed E-state index contributed by atoms with van der Waals surface area (Å²) in [5.41, 5.74) is 2.73. The van der Waals surface area contributed by atoms with Crippen molar-refractivity contribution in [1.29, 1.82) is 0 Å². The van der Waals surface area contributed by atoms with E-state index in [4.69, 9.17) is 33.4 Å². The van der Waals surface area contributed by atoms with Gasteiger partial charge in [-0.2, -0.15) is 0 Å². The first-order valence-corrected chi connectivity index (χ1v) is 19.7. The predicted octanol–water partition coefficient (Wildman–Crippen LogP) is -0.688. The molecule has 0 aromatic heterocycles. The molecule has 0 unspecified atom stereocenters. The number of rotatable bonds is 22. The van der Waals surface area contributed by atoms with Crippen LogP contribution in [0.4, 0.5) is 11.4 Å². The van der Waals surface area contributed by atoms with Crippen LogP contribution in [0.1, 0.15) is 49.7 Å². The first kappa shape index (κ1) is 44.9. The standard InChI is InChI=1S/C38H52Cl2N4O13/c39-23-16-21(17-41-38(10-11-38)37(57)44-14-13-43(22-8-9-22)25-6-1-2-7-26(25)44)24(40)15-20(23)5-3-4-12-42(18-27(45)29(47)31(49)33(51)35(53)54)19-28(46)30(48)32(50)34(52)36(55)56/h1-2,6-7,15-16,22,27-34,41,45-52H,3-5,8-14,17-19H2,(H,53,54)(H,55,56)/t27-,28-,29+,30+,31-,32-,33-,34-/m0/s1. The number of nitrogens with one attached hydrogen (secondary N) is 1. The highest BCUT2D eigenvalue weighted by Gasteiger charge is 2.53. The molecule has 2 fully saturated rings. The fraction of sp³-hybridized carbons (Fsp3) is 0.605. The van der Waals surface area contributed by atoms with E-state index in [1.54, 1.807) is 12.1 Å². The Morgan fingerprint density at radius 1 is 0.754 bits per heavy atom. The van der Waals surface area contributed by atoms with E-state index in [0.717, 1.165) is 17.9 Å². The minimum absolute atomic E-state index is 0.0328. The number of amides is 1. The number of unbranched alkanes of at least 4 members (excludes halogenated alkanes) is 1. The number of fused-ring (bicyclic) bond motifs is 1. The zero-order chi connectivity index (χ0) is 41.8. The minimum atomic E-state index is -2.42. The highest BCUT2D eigenvalue weighted by Crippen LogP contribution is 2.44. The summed E-state index contributed by atoms with van der Waals surface area (Å²) in [4.78, 5) is 41.6. The summed E-state index contributed by atoms with van der Waals surface area (Å²) in [5.74, 6) is -3.66. The van der Waals surface area contributed by atoms with Crippen molar-refractivity contribution >= 4 is 52.4 Å². The fourth-order valence-corrected chi connectivity index (χ4v) is 7.74. The second kappa shape index (κ2) is 19.3. The quantitative estimate of drug-likeness (QED) is 0.0655. The predicted molar refractivity (Wildman–Crippen MR) is 207 cm³/mol. The molecule has 0 saturated heterocycles. The number of carboxylic acids is 2. The number of anilines is 2. The Hall–Kier alpha value is -3.17. The third kappa shape index (κ3) is 10.9. The average Bonchev–Trinajstić information content (AvgIpc) is 4.14. The lowest BCUT2D eigenvalue weighted by molar-refractivity contribution is -0.164. The molecule has 57 heavy (non-hydrogen) atoms. The van der Waals surface area contributed by atoms with Crippen molar-refractivity contribution < 1.29 is 65.4 Å². The van der Waals surface area contributed by atoms with Crippen LogP contribution in [0, 0.1) is 0 Å². The van der Waals surface area contributed by atoms with E-state index >= 15 is 0 Å². The van der Waals surface area contributed by atoms with Crippen LogP contribution < -0.4 is 15.1 Å². The number of aliphatic hydroxyl groups excluding tert-OH is 8. The van der Waals surface area contributed by atoms with Crippen molar-refractivity contribution in [2.24, 2.45) is 0 Å². The lowest BCUT2D eigenvalue weighted by atomic mass is 10.0. The van der Waals surface area contributed by atoms with Crippen LogP contribution in [-0.4, -0.2) is 167 Å². The van der Waals surface area contributed by atoms with Crippen LogP contribution in [0.3, 0.4) is 0 Å². The number of halogens is 2. The van der Waals surface area contributed by atoms with E-state index in [9.17, 15) is 55.2 Å². The Labute approximate surface area is 339 Å². The van der Waals surface area contributed by atoms with Gasteiger partial charge in [-0.3, -0.25) is 15.0 Å². The smallest absolute Gasteiger partial charge is 0.335 e. The van der Waals surface area contributed by atoms with Gasteiger partial charge < -0.3 is 60.9 Å². The van der Waals surface area contributed by atoms with Gasteiger partial charge in [0.2, 0.25) is 5.91 Å². The lowest BCUT2D eigenvalue weighted by Crippen LogP contribution is -2.54. The van der Waals surface area contributed by atoms with E-state index in [1.165, 1.54) is 17.7 Å². The molecule has 17 nitrogen and oxygen atoms in total. The van der Waals surface area contributed by atoms with Crippen molar-refractivity contribution in [3.05, 3.63) is 57.6 Å². The molecule has 5 rings (SSSR count). The van der Waals surface area contributed by atoms with Gasteiger partial charge in [0, 0.05) is 48.8 Å². The number of carbonyl (C=O) groups excluding carboxylic acids is 1. The van der Waals surface area contributed by atoms with Crippen molar-refractivity contribution in [3.63, 3.8) is 0 Å². The van der Waals surface area contributed by atoms with E-state index in [1.807, 2.05) is 23.1 Å². The summed E-state index contributed by atoms with van der Waals surface area (Å²) >= 11 is 13.4. The number of para-hydroxylation sites is 2. The summed E-state index contributed by atoms with van der Waals surface area (Å²) < 4.78 is 0. The van der Waals surface area contributed by atoms with Gasteiger partial charge in [0.15, 0.2) is 12.2 Å². The molecule has 0 bridgehead atoms. The monoisotopic (exact) mass is 842 g/mol. The summed E-state index contributed by atoms with van der Waals surface area (Å²) in [6.07, 6.45) is -12.5. The maximum absolute atomic E-state index is 14.0. The average molecular weight is 844 g/mol. The molecule has 8 atom stereocenters. The third-order valence-corrected chi connectivity index (χ3v) is 11.7. The number of nitrogens with zero attached hydrogens (tertiary/aromatic N) is 3. The summed E-state index contributed by atoms with van der Waals surface area (Å²) in [6, 6.07) is 12.0. The molecule has 0 radical (unpaired) electrons. The van der Waals surface area contributed by atoms with Gasteiger partial charge >= 0.3 is 11.9 Å². The molecule has 11 N–H and O–H groups in total. The van der Waals surface area contributed by atoms with Gasteiger partial charge in [-0.1, -0.05) is 35.3 Å². The van der Waals surface area contributed by atoms with E-state index in [-0.39, 0.29) is 12.5 Å². The van der Waals surface area contributed by atoms with Crippen molar-refractivity contribution in [2.75, 3.05) is 42.5 Å². The van der Waals surface area contributed by atoms with Crippen LogP contribution in [0.2, 0.25) is 10.0 Å². The highest BCUT2D eigenvalue weighted by atomic mass is 35.5. The molecule has 1 amide bonds. The Morgan fingerprint density at radius 2 is 1.28 bits per heavy atom. The maximum Gasteiger partial charge on any atom is 0.335 e. The van der Waals surface area contributed by atoms with Gasteiger partial charge in [-0.25, -0.2) is 9.59 Å². The van der Waals surface area contributed by atoms with E-state index in [2.05, 4.69) is 16.3 Å². The van der Waals surface area contributed by atoms with E-state index < -0.39 is 79.4 Å². The summed E-state index contributed by atoms with van der Waals surface area (Å²) in [7, 11) is 0. The Balaban J connectivity index is 1.17. The van der Waals surface area contributed by atoms with E-state index in [0.29, 0.717) is 72.4 Å². The Kier molecular flexibility index (Phi) is 15.2. The SMILES string of the molecule is O=C(O)[C@@H](O)[C@@H](O)[C@H](O)[C@@H](O)CN(CCCCc1cc(Cl)c(CNC2(C(=O)N3CCN(C4CC4)c4ccccc43)CC2)cc1Cl)C[C@H](O)[C@@H](O)[C@H](O)[C@H](O)C(=O)O. The molecule has 2 saturated carbocycles. The maximum atomic E-state index is 14.0. The van der Waals surface area contributed by atoms with Crippen LogP contribution in [0.15, 0.2) is 36.4 Å². The van der Waals surface area contributed by atoms with Gasteiger partial charge in [0.1, 0.15) is 24.4 Å². The lowest BCUT2D eigenvalue weighted by Gasteiger charge is -2.39. The molecular formula is C38H52Cl2N4O13. The van der Waals surface area contributed by atoms with Crippen LogP contribution in [0.5, 0.6) is 0 Å². The molecule has 2 aromatic rings. The number of carbonyl (C=O) groups is 3. The van der Waals surface area contributed by atoms with Crippen LogP contribution >= 0.6 is 23.2 Å². The first-order valence-electron chi connectivity index (χ1n) is 19.0. The van der Waals surface area contributed by atoms with Crippen LogP contribution in [0.25, 0.3) is 0 Å². The van der Waals surface area contributed by atoms with Gasteiger partial charge in [-0.05, 0) is 86.9 Å². The fourth-order valence-electron chi connectivity index (χ4n) is 7.20. The second-order valence-corrected chi connectivity index (χ2v) is 16.0. The van der Waals surface area contributed by atoms with Gasteiger partial charge in [0.05, 0.1) is 29.1 Å². The summed E-state index contributed by atoms with van der Waals surface area (Å²) in [5, 5.41) is 103. The first-order chi connectivity index (χ1) is 26.9. The largest absolute Gasteiger partial charge is 0.479 e. The number of carboxylic acid groups (broad SMARTS) is 2. The number of aliphatic carboxylic acids is 2. The molecule has 2 aromatic carbocycles. The molecule has 1 aliphatic heterocycles. The number of hydrogen-bond donors (Lipinski definition) is 11. The second-order valence-electron chi connectivity index (χ2n) is 15.2. The molecule has 316 valence electrons. The number of aryl methyl sites for hydroxylation is 1. The third-order valence-electron chi connectivity index (χ3n) is 11.0. The zero-order valence-electron chi connectivity index (χ0n) is 31.1. The minimum Gasteiger partial charge on any atom is -0.479 e. The van der Waals surface area contributed by atoms with Crippen LogP contribution in [-0.2, 0) is 27.3 Å². The van der Waals surface area contributed by atoms with Crippen molar-refractivity contribution in [2.45, 2.75) is 112 Å². The highest BCUT2D eigenvalue weighted by molar-refractivity contribution is 6.34. The van der Waals surface area contributed by atoms with Gasteiger partial charge in [-0.15, -0.1) is 0 Å². The number of benzene rings is 2. The molecule has 2 aliphatic carbocycles. The number of aliphatic hydroxyl groups is 8. The molecular weight excluding hydrogens is 791 g/mol. The van der Waals surface area contributed by atoms with Gasteiger partial charge in [0.25, 0.3) is 0 Å². The number of hydrogen-bond acceptors (Lipinski definition) is 14. The zero-order valence-corrected chi connectivity index (χ0v) is 32.7. The summed E-state index contributed by atoms with van der Waals surface area (Å²) in [6.45, 7) is 0.684. The van der Waals surface area contributed by atoms with Crippen molar-refractivity contribution in [1.82, 2.24) is 10.2 Å². The molecule has 1 heterocycles. The molecule has 19 heteroatoms. The Morgan fingerprint density at radius 3 is 1.81 bits per heavy atom. The topological polar surface area (TPSA) is 275 Å². The normalized spacial score (nSPS) is 20.5. The molecule has 3 aliphatic rings. The Bertz CT molecular complexity index is 1690. The molecule has 0 spiro atoms.